The van der Waals surface area contributed by atoms with Crippen molar-refractivity contribution in [2.24, 2.45) is 0 Å². The summed E-state index contributed by atoms with van der Waals surface area (Å²) in [5, 5.41) is 2.69. The molecular weight excluding hydrogens is 361 g/mol. The van der Waals surface area contributed by atoms with Crippen molar-refractivity contribution in [3.63, 3.8) is 0 Å². The van der Waals surface area contributed by atoms with Gasteiger partial charge in [0.1, 0.15) is 5.82 Å². The zero-order chi connectivity index (χ0) is 19.3. The number of halogens is 2. The monoisotopic (exact) mass is 377 g/mol. The topological polar surface area (TPSA) is 72.5 Å². The second-order valence-corrected chi connectivity index (χ2v) is 6.04. The lowest BCUT2D eigenvalue weighted by molar-refractivity contribution is -0.152. The molecule has 0 aromatic heterocycles. The Morgan fingerprint density at radius 3 is 2.38 bits per heavy atom. The first-order chi connectivity index (χ1) is 12.3. The van der Waals surface area contributed by atoms with Crippen LogP contribution in [0, 0.1) is 5.82 Å². The van der Waals surface area contributed by atoms with E-state index in [0.29, 0.717) is 11.3 Å². The minimum atomic E-state index is -1.08. The molecule has 5 nitrogen and oxygen atoms in total. The van der Waals surface area contributed by atoms with Gasteiger partial charge < -0.3 is 10.1 Å². The highest BCUT2D eigenvalue weighted by molar-refractivity contribution is 6.31. The first kappa shape index (κ1) is 19.6. The van der Waals surface area contributed by atoms with Gasteiger partial charge in [0.15, 0.2) is 11.9 Å². The van der Waals surface area contributed by atoms with Gasteiger partial charge in [-0.1, -0.05) is 17.7 Å². The van der Waals surface area contributed by atoms with Gasteiger partial charge in [-0.2, -0.15) is 0 Å². The average Bonchev–Trinajstić information content (AvgIpc) is 2.58. The molecule has 0 bridgehead atoms. The minimum absolute atomic E-state index is 0.0200. The van der Waals surface area contributed by atoms with Gasteiger partial charge in [0, 0.05) is 21.8 Å². The summed E-state index contributed by atoms with van der Waals surface area (Å²) in [4.78, 5) is 35.3. The van der Waals surface area contributed by atoms with Gasteiger partial charge in [0.2, 0.25) is 0 Å². The second-order valence-electron chi connectivity index (χ2n) is 5.63. The largest absolute Gasteiger partial charge is 0.452 e. The number of nitrogens with one attached hydrogen (secondary N) is 1. The SMILES string of the molecule is CC(=O)c1ccc(NC(=O)[C@@H](C)OC(=O)Cc2c(F)cccc2Cl)cc1. The van der Waals surface area contributed by atoms with Gasteiger partial charge in [-0.15, -0.1) is 0 Å². The third-order valence-corrected chi connectivity index (χ3v) is 3.97. The summed E-state index contributed by atoms with van der Waals surface area (Å²) in [7, 11) is 0. The van der Waals surface area contributed by atoms with E-state index in [-0.39, 0.29) is 22.8 Å². The molecular formula is C19H17ClFNO4. The van der Waals surface area contributed by atoms with Crippen molar-refractivity contribution >= 4 is 34.9 Å². The summed E-state index contributed by atoms with van der Waals surface area (Å²) in [6.45, 7) is 2.84. The number of ether oxygens (including phenoxy) is 1. The number of rotatable bonds is 6. The molecule has 0 saturated carbocycles. The molecule has 0 heterocycles. The van der Waals surface area contributed by atoms with E-state index in [1.165, 1.54) is 32.0 Å². The summed E-state index contributed by atoms with van der Waals surface area (Å²) in [5.41, 5.74) is 0.996. The summed E-state index contributed by atoms with van der Waals surface area (Å²) in [6.07, 6.45) is -1.46. The molecule has 1 atom stereocenters. The van der Waals surface area contributed by atoms with Gasteiger partial charge in [-0.3, -0.25) is 14.4 Å². The maximum atomic E-state index is 13.7. The maximum absolute atomic E-state index is 13.7. The Morgan fingerprint density at radius 2 is 1.81 bits per heavy atom. The normalized spacial score (nSPS) is 11.5. The van der Waals surface area contributed by atoms with Crippen molar-refractivity contribution < 1.29 is 23.5 Å². The highest BCUT2D eigenvalue weighted by Gasteiger charge is 2.20. The summed E-state index contributed by atoms with van der Waals surface area (Å²) in [5.74, 6) is -2.02. The van der Waals surface area contributed by atoms with Crippen LogP contribution in [0.5, 0.6) is 0 Å². The van der Waals surface area contributed by atoms with Crippen LogP contribution in [0.3, 0.4) is 0 Å². The third-order valence-electron chi connectivity index (χ3n) is 3.62. The van der Waals surface area contributed by atoms with E-state index in [9.17, 15) is 18.8 Å². The predicted molar refractivity (Wildman–Crippen MR) is 95.7 cm³/mol. The van der Waals surface area contributed by atoms with Crippen LogP contribution in [0.25, 0.3) is 0 Å². The molecule has 0 unspecified atom stereocenters. The van der Waals surface area contributed by atoms with E-state index >= 15 is 0 Å². The van der Waals surface area contributed by atoms with Crippen molar-refractivity contribution in [2.45, 2.75) is 26.4 Å². The quantitative estimate of drug-likeness (QED) is 0.614. The molecule has 0 fully saturated rings. The summed E-state index contributed by atoms with van der Waals surface area (Å²) < 4.78 is 18.7. The number of esters is 1. The summed E-state index contributed by atoms with van der Waals surface area (Å²) in [6, 6.07) is 10.4. The molecule has 7 heteroatoms. The van der Waals surface area contributed by atoms with E-state index in [1.807, 2.05) is 0 Å². The van der Waals surface area contributed by atoms with E-state index in [0.717, 1.165) is 0 Å². The van der Waals surface area contributed by atoms with Gasteiger partial charge in [-0.05, 0) is 50.2 Å². The lowest BCUT2D eigenvalue weighted by Crippen LogP contribution is -2.30. The van der Waals surface area contributed by atoms with Crippen molar-refractivity contribution in [3.8, 4) is 0 Å². The molecule has 1 N–H and O–H groups in total. The molecule has 1 amide bonds. The standard InChI is InChI=1S/C19H17ClFNO4/c1-11(23)13-6-8-14(9-7-13)22-19(25)12(2)26-18(24)10-15-16(20)4-3-5-17(15)21/h3-9,12H,10H2,1-2H3,(H,22,25)/t12-/m1/s1. The van der Waals surface area contributed by atoms with Gasteiger partial charge >= 0.3 is 5.97 Å². The number of hydrogen-bond donors (Lipinski definition) is 1. The van der Waals surface area contributed by atoms with Crippen molar-refractivity contribution in [1.29, 1.82) is 0 Å². The van der Waals surface area contributed by atoms with E-state index in [1.54, 1.807) is 24.3 Å². The molecule has 0 aliphatic rings. The molecule has 0 radical (unpaired) electrons. The van der Waals surface area contributed by atoms with Crippen LogP contribution < -0.4 is 5.32 Å². The first-order valence-corrected chi connectivity index (χ1v) is 8.20. The Kier molecular flexibility index (Phi) is 6.46. The van der Waals surface area contributed by atoms with E-state index < -0.39 is 23.8 Å². The van der Waals surface area contributed by atoms with Crippen LogP contribution in [-0.4, -0.2) is 23.8 Å². The molecule has 0 saturated heterocycles. The van der Waals surface area contributed by atoms with Gasteiger partial charge in [-0.25, -0.2) is 4.39 Å². The van der Waals surface area contributed by atoms with E-state index in [2.05, 4.69) is 5.32 Å². The smallest absolute Gasteiger partial charge is 0.311 e. The first-order valence-electron chi connectivity index (χ1n) is 7.82. The van der Waals surface area contributed by atoms with Crippen LogP contribution in [0.1, 0.15) is 29.8 Å². The van der Waals surface area contributed by atoms with Crippen LogP contribution in [0.2, 0.25) is 5.02 Å². The summed E-state index contributed by atoms with van der Waals surface area (Å²) >= 11 is 5.86. The minimum Gasteiger partial charge on any atom is -0.452 e. The molecule has 0 aliphatic heterocycles. The fourth-order valence-electron chi connectivity index (χ4n) is 2.17. The van der Waals surface area contributed by atoms with Gasteiger partial charge in [0.25, 0.3) is 5.91 Å². The predicted octanol–water partition coefficient (Wildman–Crippen LogP) is 3.79. The molecule has 26 heavy (non-hydrogen) atoms. The zero-order valence-corrected chi connectivity index (χ0v) is 15.0. The number of hydrogen-bond acceptors (Lipinski definition) is 4. The Bertz CT molecular complexity index is 816. The highest BCUT2D eigenvalue weighted by atomic mass is 35.5. The molecule has 2 aromatic rings. The fraction of sp³-hybridized carbons (Fsp3) is 0.211. The number of anilines is 1. The lowest BCUT2D eigenvalue weighted by Gasteiger charge is -2.14. The average molecular weight is 378 g/mol. The fourth-order valence-corrected chi connectivity index (χ4v) is 2.40. The zero-order valence-electron chi connectivity index (χ0n) is 14.2. The Labute approximate surface area is 155 Å². The van der Waals surface area contributed by atoms with Crippen molar-refractivity contribution in [1.82, 2.24) is 0 Å². The number of Topliss-reactive ketones (excluding diaryl/α,β-unsaturated/α-hetero) is 1. The number of amides is 1. The third kappa shape index (κ3) is 5.13. The molecule has 0 aliphatic carbocycles. The van der Waals surface area contributed by atoms with Crippen LogP contribution in [0.4, 0.5) is 10.1 Å². The van der Waals surface area contributed by atoms with Gasteiger partial charge in [0.05, 0.1) is 6.42 Å². The van der Waals surface area contributed by atoms with Crippen LogP contribution >= 0.6 is 11.6 Å². The number of benzene rings is 2. The number of carbonyl (C=O) groups excluding carboxylic acids is 3. The Morgan fingerprint density at radius 1 is 1.15 bits per heavy atom. The van der Waals surface area contributed by atoms with Crippen molar-refractivity contribution in [3.05, 3.63) is 64.4 Å². The highest BCUT2D eigenvalue weighted by Crippen LogP contribution is 2.20. The van der Waals surface area contributed by atoms with Crippen LogP contribution in [-0.2, 0) is 20.7 Å². The molecule has 2 rings (SSSR count). The second kappa shape index (κ2) is 8.58. The molecule has 0 spiro atoms. The van der Waals surface area contributed by atoms with Crippen molar-refractivity contribution in [2.75, 3.05) is 5.32 Å². The van der Waals surface area contributed by atoms with E-state index in [4.69, 9.17) is 16.3 Å². The molecule has 2 aromatic carbocycles. The Balaban J connectivity index is 1.93. The lowest BCUT2D eigenvalue weighted by atomic mass is 10.1. The van der Waals surface area contributed by atoms with Crippen LogP contribution in [0.15, 0.2) is 42.5 Å². The number of ketones is 1. The molecule has 136 valence electrons. The maximum Gasteiger partial charge on any atom is 0.311 e. The number of carbonyl (C=O) groups is 3. The Hall–Kier alpha value is -2.73.